The van der Waals surface area contributed by atoms with Crippen molar-refractivity contribution in [1.29, 1.82) is 0 Å². The molecular weight excluding hydrogens is 228 g/mol. The summed E-state index contributed by atoms with van der Waals surface area (Å²) in [5.41, 5.74) is 11.2. The molecule has 0 spiro atoms. The molecule has 0 bridgehead atoms. The molecular formula is C14H16N2S. The van der Waals surface area contributed by atoms with Crippen LogP contribution in [0.15, 0.2) is 36.0 Å². The number of fused-ring (bicyclic) bond motifs is 1. The number of nitrogens with two attached hydrogens (primary N) is 1. The van der Waals surface area contributed by atoms with Gasteiger partial charge in [-0.05, 0) is 36.3 Å². The van der Waals surface area contributed by atoms with Crippen molar-refractivity contribution >= 4 is 11.3 Å². The molecule has 2 nitrogen and oxygen atoms in total. The number of nitrogens with zero attached hydrogens (tertiary/aromatic N) is 1. The minimum Gasteiger partial charge on any atom is -0.327 e. The van der Waals surface area contributed by atoms with E-state index in [1.54, 1.807) is 11.3 Å². The first kappa shape index (κ1) is 10.9. The Morgan fingerprint density at radius 1 is 1.41 bits per heavy atom. The first-order valence-electron chi connectivity index (χ1n) is 6.05. The number of aromatic nitrogens is 1. The molecule has 88 valence electrons. The summed E-state index contributed by atoms with van der Waals surface area (Å²) in [6.07, 6.45) is 5.26. The van der Waals surface area contributed by atoms with Crippen LogP contribution < -0.4 is 5.73 Å². The van der Waals surface area contributed by atoms with E-state index < -0.39 is 0 Å². The van der Waals surface area contributed by atoms with Crippen molar-refractivity contribution in [2.75, 3.05) is 0 Å². The van der Waals surface area contributed by atoms with Gasteiger partial charge in [0.25, 0.3) is 0 Å². The van der Waals surface area contributed by atoms with Gasteiger partial charge in [0.05, 0.1) is 5.51 Å². The summed E-state index contributed by atoms with van der Waals surface area (Å²) in [7, 11) is 0. The van der Waals surface area contributed by atoms with Gasteiger partial charge in [0.1, 0.15) is 0 Å². The Labute approximate surface area is 106 Å². The Morgan fingerprint density at radius 2 is 2.29 bits per heavy atom. The molecule has 2 N–H and O–H groups in total. The maximum Gasteiger partial charge on any atom is 0.0794 e. The second kappa shape index (κ2) is 4.59. The minimum absolute atomic E-state index is 0.221. The summed E-state index contributed by atoms with van der Waals surface area (Å²) in [4.78, 5) is 5.40. The van der Waals surface area contributed by atoms with E-state index >= 15 is 0 Å². The van der Waals surface area contributed by atoms with Gasteiger partial charge < -0.3 is 5.73 Å². The van der Waals surface area contributed by atoms with Crippen LogP contribution in [-0.2, 0) is 12.8 Å². The fourth-order valence-electron chi connectivity index (χ4n) is 2.75. The molecule has 0 amide bonds. The Bertz CT molecular complexity index is 493. The van der Waals surface area contributed by atoms with E-state index in [4.69, 9.17) is 5.73 Å². The van der Waals surface area contributed by atoms with Crippen molar-refractivity contribution in [2.45, 2.75) is 31.2 Å². The molecule has 1 aliphatic carbocycles. The lowest BCUT2D eigenvalue weighted by Crippen LogP contribution is -2.29. The SMILES string of the molecule is NC(Cc1cncs1)C1CCc2ccccc21. The maximum absolute atomic E-state index is 6.36. The molecule has 0 aliphatic heterocycles. The average Bonchev–Trinajstić information content (AvgIpc) is 2.96. The zero-order valence-corrected chi connectivity index (χ0v) is 10.5. The van der Waals surface area contributed by atoms with Crippen molar-refractivity contribution in [1.82, 2.24) is 4.98 Å². The standard InChI is InChI=1S/C14H16N2S/c15-14(7-11-8-16-9-17-11)13-6-5-10-3-1-2-4-12(10)13/h1-4,8-9,13-14H,5-7,15H2. The highest BCUT2D eigenvalue weighted by Crippen LogP contribution is 2.35. The topological polar surface area (TPSA) is 38.9 Å². The monoisotopic (exact) mass is 244 g/mol. The van der Waals surface area contributed by atoms with E-state index in [2.05, 4.69) is 29.2 Å². The summed E-state index contributed by atoms with van der Waals surface area (Å²) < 4.78 is 0. The molecule has 1 aromatic heterocycles. The van der Waals surface area contributed by atoms with E-state index in [9.17, 15) is 0 Å². The van der Waals surface area contributed by atoms with Crippen LogP contribution in [0.4, 0.5) is 0 Å². The number of thiazole rings is 1. The molecule has 2 atom stereocenters. The fourth-order valence-corrected chi connectivity index (χ4v) is 3.42. The third-order valence-corrected chi connectivity index (χ3v) is 4.42. The summed E-state index contributed by atoms with van der Waals surface area (Å²) >= 11 is 1.70. The predicted octanol–water partition coefficient (Wildman–Crippen LogP) is 2.74. The minimum atomic E-state index is 0.221. The molecule has 0 saturated carbocycles. The smallest absolute Gasteiger partial charge is 0.0794 e. The van der Waals surface area contributed by atoms with E-state index in [0.717, 1.165) is 6.42 Å². The Morgan fingerprint density at radius 3 is 3.12 bits per heavy atom. The van der Waals surface area contributed by atoms with E-state index in [1.165, 1.54) is 28.8 Å². The lowest BCUT2D eigenvalue weighted by Gasteiger charge is -2.19. The van der Waals surface area contributed by atoms with Gasteiger partial charge in [-0.25, -0.2) is 0 Å². The van der Waals surface area contributed by atoms with Gasteiger partial charge >= 0.3 is 0 Å². The molecule has 2 aromatic rings. The summed E-state index contributed by atoms with van der Waals surface area (Å²) in [6, 6.07) is 8.93. The number of hydrogen-bond donors (Lipinski definition) is 1. The molecule has 0 radical (unpaired) electrons. The van der Waals surface area contributed by atoms with Crippen LogP contribution in [-0.4, -0.2) is 11.0 Å². The summed E-state index contributed by atoms with van der Waals surface area (Å²) in [5.74, 6) is 0.522. The normalized spacial score (nSPS) is 20.2. The molecule has 0 fully saturated rings. The van der Waals surface area contributed by atoms with Crippen LogP contribution in [0.3, 0.4) is 0 Å². The van der Waals surface area contributed by atoms with Gasteiger partial charge in [0, 0.05) is 17.1 Å². The zero-order chi connectivity index (χ0) is 11.7. The van der Waals surface area contributed by atoms with Crippen LogP contribution in [0, 0.1) is 0 Å². The maximum atomic E-state index is 6.36. The highest BCUT2D eigenvalue weighted by molar-refractivity contribution is 7.09. The third kappa shape index (κ3) is 2.13. The molecule has 3 rings (SSSR count). The summed E-state index contributed by atoms with van der Waals surface area (Å²) in [6.45, 7) is 0. The van der Waals surface area contributed by atoms with Crippen molar-refractivity contribution in [3.05, 3.63) is 52.0 Å². The van der Waals surface area contributed by atoms with E-state index in [0.29, 0.717) is 5.92 Å². The van der Waals surface area contributed by atoms with Crippen LogP contribution in [0.2, 0.25) is 0 Å². The van der Waals surface area contributed by atoms with Gasteiger partial charge in [0.15, 0.2) is 0 Å². The fraction of sp³-hybridized carbons (Fsp3) is 0.357. The van der Waals surface area contributed by atoms with E-state index in [1.807, 2.05) is 11.7 Å². The number of aryl methyl sites for hydroxylation is 1. The Kier molecular flexibility index (Phi) is 2.95. The molecule has 2 unspecified atom stereocenters. The molecule has 1 aromatic carbocycles. The molecule has 1 aliphatic rings. The molecule has 3 heteroatoms. The number of hydrogen-bond acceptors (Lipinski definition) is 3. The predicted molar refractivity (Wildman–Crippen MR) is 71.3 cm³/mol. The largest absolute Gasteiger partial charge is 0.327 e. The highest BCUT2D eigenvalue weighted by atomic mass is 32.1. The second-order valence-electron chi connectivity index (χ2n) is 4.68. The van der Waals surface area contributed by atoms with Gasteiger partial charge in [-0.2, -0.15) is 0 Å². The van der Waals surface area contributed by atoms with E-state index in [-0.39, 0.29) is 6.04 Å². The third-order valence-electron chi connectivity index (χ3n) is 3.62. The van der Waals surface area contributed by atoms with Crippen molar-refractivity contribution in [3.63, 3.8) is 0 Å². The van der Waals surface area contributed by atoms with Crippen LogP contribution in [0.1, 0.15) is 28.3 Å². The summed E-state index contributed by atoms with van der Waals surface area (Å²) in [5, 5.41) is 0. The number of benzene rings is 1. The van der Waals surface area contributed by atoms with Crippen molar-refractivity contribution < 1.29 is 0 Å². The number of rotatable bonds is 3. The van der Waals surface area contributed by atoms with Crippen molar-refractivity contribution in [3.8, 4) is 0 Å². The zero-order valence-electron chi connectivity index (χ0n) is 9.67. The lowest BCUT2D eigenvalue weighted by atomic mass is 9.91. The molecule has 1 heterocycles. The van der Waals surface area contributed by atoms with Gasteiger partial charge in [-0.15, -0.1) is 11.3 Å². The van der Waals surface area contributed by atoms with Crippen LogP contribution in [0.25, 0.3) is 0 Å². The average molecular weight is 244 g/mol. The van der Waals surface area contributed by atoms with Gasteiger partial charge in [-0.1, -0.05) is 24.3 Å². The quantitative estimate of drug-likeness (QED) is 0.901. The Balaban J connectivity index is 1.78. The van der Waals surface area contributed by atoms with Crippen LogP contribution >= 0.6 is 11.3 Å². The first-order chi connectivity index (χ1) is 8.34. The van der Waals surface area contributed by atoms with Crippen molar-refractivity contribution in [2.24, 2.45) is 5.73 Å². The van der Waals surface area contributed by atoms with Crippen LogP contribution in [0.5, 0.6) is 0 Å². The molecule has 17 heavy (non-hydrogen) atoms. The molecule has 0 saturated heterocycles. The van der Waals surface area contributed by atoms with Gasteiger partial charge in [-0.3, -0.25) is 4.98 Å². The first-order valence-corrected chi connectivity index (χ1v) is 6.93. The van der Waals surface area contributed by atoms with Gasteiger partial charge in [0.2, 0.25) is 0 Å². The second-order valence-corrected chi connectivity index (χ2v) is 5.65. The Hall–Kier alpha value is -1.19. The highest BCUT2D eigenvalue weighted by Gasteiger charge is 2.27. The lowest BCUT2D eigenvalue weighted by molar-refractivity contribution is 0.527.